The van der Waals surface area contributed by atoms with Crippen LogP contribution in [0.25, 0.3) is 0 Å². The molecule has 0 aliphatic carbocycles. The summed E-state index contributed by atoms with van der Waals surface area (Å²) in [5.41, 5.74) is 1.11. The standard InChI is InChI=1S/C13H17BrN4O/c1-9-16-17-12(18(9)3)8-19-13-10(7-15-2)5-4-6-11(13)14/h4-6,15H,7-8H2,1-3H3. The Kier molecular flexibility index (Phi) is 4.55. The molecule has 6 heteroatoms. The van der Waals surface area contributed by atoms with Crippen LogP contribution in [0, 0.1) is 6.92 Å². The van der Waals surface area contributed by atoms with E-state index in [9.17, 15) is 0 Å². The number of ether oxygens (including phenoxy) is 1. The molecule has 102 valence electrons. The Morgan fingerprint density at radius 2 is 2.16 bits per heavy atom. The molecule has 0 saturated heterocycles. The zero-order valence-electron chi connectivity index (χ0n) is 11.3. The third-order valence-corrected chi connectivity index (χ3v) is 3.57. The van der Waals surface area contributed by atoms with Gasteiger partial charge < -0.3 is 14.6 Å². The first-order valence-electron chi connectivity index (χ1n) is 6.03. The highest BCUT2D eigenvalue weighted by molar-refractivity contribution is 9.10. The summed E-state index contributed by atoms with van der Waals surface area (Å²) in [6.45, 7) is 3.07. The van der Waals surface area contributed by atoms with Crippen molar-refractivity contribution >= 4 is 15.9 Å². The molecule has 0 fully saturated rings. The van der Waals surface area contributed by atoms with E-state index < -0.39 is 0 Å². The minimum Gasteiger partial charge on any atom is -0.484 e. The zero-order chi connectivity index (χ0) is 13.8. The highest BCUT2D eigenvalue weighted by Crippen LogP contribution is 2.29. The third-order valence-electron chi connectivity index (χ3n) is 2.94. The summed E-state index contributed by atoms with van der Waals surface area (Å²) in [5, 5.41) is 11.2. The van der Waals surface area contributed by atoms with E-state index in [1.807, 2.05) is 43.8 Å². The van der Waals surface area contributed by atoms with Crippen LogP contribution in [-0.4, -0.2) is 21.8 Å². The Hall–Kier alpha value is -1.40. The lowest BCUT2D eigenvalue weighted by molar-refractivity contribution is 0.285. The molecule has 0 bridgehead atoms. The molecule has 2 rings (SSSR count). The number of aromatic nitrogens is 3. The monoisotopic (exact) mass is 324 g/mol. The van der Waals surface area contributed by atoms with E-state index in [1.165, 1.54) is 0 Å². The molecule has 0 atom stereocenters. The van der Waals surface area contributed by atoms with Gasteiger partial charge in [0.05, 0.1) is 4.47 Å². The Labute approximate surface area is 121 Å². The topological polar surface area (TPSA) is 52.0 Å². The van der Waals surface area contributed by atoms with Crippen LogP contribution < -0.4 is 10.1 Å². The molecule has 1 aromatic heterocycles. The summed E-state index contributed by atoms with van der Waals surface area (Å²) in [6.07, 6.45) is 0. The van der Waals surface area contributed by atoms with Gasteiger partial charge in [0.15, 0.2) is 5.82 Å². The Balaban J connectivity index is 2.17. The predicted octanol–water partition coefficient (Wildman–Crippen LogP) is 2.18. The van der Waals surface area contributed by atoms with Crippen molar-refractivity contribution in [3.8, 4) is 5.75 Å². The summed E-state index contributed by atoms with van der Waals surface area (Å²) in [6, 6.07) is 6.00. The minimum absolute atomic E-state index is 0.399. The van der Waals surface area contributed by atoms with Gasteiger partial charge in [-0.25, -0.2) is 0 Å². The summed E-state index contributed by atoms with van der Waals surface area (Å²) in [7, 11) is 3.85. The van der Waals surface area contributed by atoms with Gasteiger partial charge in [-0.15, -0.1) is 10.2 Å². The number of hydrogen-bond acceptors (Lipinski definition) is 4. The van der Waals surface area contributed by atoms with Gasteiger partial charge in [0, 0.05) is 19.2 Å². The second-order valence-corrected chi connectivity index (χ2v) is 5.12. The molecule has 0 aliphatic rings. The van der Waals surface area contributed by atoms with Crippen molar-refractivity contribution in [2.24, 2.45) is 7.05 Å². The predicted molar refractivity (Wildman–Crippen MR) is 77.0 cm³/mol. The fourth-order valence-electron chi connectivity index (χ4n) is 1.76. The summed E-state index contributed by atoms with van der Waals surface area (Å²) in [4.78, 5) is 0. The van der Waals surface area contributed by atoms with Crippen LogP contribution in [0.2, 0.25) is 0 Å². The molecule has 2 aromatic rings. The van der Waals surface area contributed by atoms with E-state index >= 15 is 0 Å². The van der Waals surface area contributed by atoms with Gasteiger partial charge in [-0.05, 0) is 36.0 Å². The molecule has 0 radical (unpaired) electrons. The smallest absolute Gasteiger partial charge is 0.170 e. The van der Waals surface area contributed by atoms with Crippen LogP contribution in [-0.2, 0) is 20.2 Å². The number of para-hydroxylation sites is 1. The van der Waals surface area contributed by atoms with Crippen molar-refractivity contribution in [3.05, 3.63) is 39.9 Å². The van der Waals surface area contributed by atoms with Gasteiger partial charge in [0.2, 0.25) is 0 Å². The van der Waals surface area contributed by atoms with E-state index in [2.05, 4.69) is 31.4 Å². The van der Waals surface area contributed by atoms with Gasteiger partial charge in [-0.1, -0.05) is 12.1 Å². The lowest BCUT2D eigenvalue weighted by Gasteiger charge is -2.12. The van der Waals surface area contributed by atoms with Crippen LogP contribution in [0.3, 0.4) is 0 Å². The van der Waals surface area contributed by atoms with E-state index in [-0.39, 0.29) is 0 Å². The van der Waals surface area contributed by atoms with Crippen LogP contribution in [0.5, 0.6) is 5.75 Å². The Morgan fingerprint density at radius 1 is 1.37 bits per heavy atom. The molecule has 0 spiro atoms. The van der Waals surface area contributed by atoms with Crippen molar-refractivity contribution in [2.75, 3.05) is 7.05 Å². The van der Waals surface area contributed by atoms with Gasteiger partial charge in [-0.3, -0.25) is 0 Å². The quantitative estimate of drug-likeness (QED) is 0.916. The maximum Gasteiger partial charge on any atom is 0.170 e. The molecule has 0 amide bonds. The van der Waals surface area contributed by atoms with Crippen LogP contribution in [0.15, 0.2) is 22.7 Å². The SMILES string of the molecule is CNCc1cccc(Br)c1OCc1nnc(C)n1C. The van der Waals surface area contributed by atoms with E-state index in [1.54, 1.807) is 0 Å². The van der Waals surface area contributed by atoms with Crippen molar-refractivity contribution in [1.82, 2.24) is 20.1 Å². The van der Waals surface area contributed by atoms with Crippen LogP contribution in [0.4, 0.5) is 0 Å². The summed E-state index contributed by atoms with van der Waals surface area (Å²) >= 11 is 3.52. The minimum atomic E-state index is 0.399. The first-order chi connectivity index (χ1) is 9.13. The molecule has 0 aliphatic heterocycles. The highest BCUT2D eigenvalue weighted by atomic mass is 79.9. The van der Waals surface area contributed by atoms with Crippen molar-refractivity contribution in [3.63, 3.8) is 0 Å². The largest absolute Gasteiger partial charge is 0.484 e. The lowest BCUT2D eigenvalue weighted by Crippen LogP contribution is -2.09. The van der Waals surface area contributed by atoms with Crippen molar-refractivity contribution in [2.45, 2.75) is 20.1 Å². The van der Waals surface area contributed by atoms with Gasteiger partial charge in [0.25, 0.3) is 0 Å². The number of nitrogens with zero attached hydrogens (tertiary/aromatic N) is 3. The number of rotatable bonds is 5. The first kappa shape index (κ1) is 14.0. The molecule has 1 aromatic carbocycles. The fourth-order valence-corrected chi connectivity index (χ4v) is 2.28. The molecular weight excluding hydrogens is 308 g/mol. The van der Waals surface area contributed by atoms with E-state index in [0.29, 0.717) is 6.61 Å². The Morgan fingerprint density at radius 3 is 2.79 bits per heavy atom. The van der Waals surface area contributed by atoms with E-state index in [4.69, 9.17) is 4.74 Å². The number of hydrogen-bond donors (Lipinski definition) is 1. The summed E-state index contributed by atoms with van der Waals surface area (Å²) in [5.74, 6) is 2.53. The van der Waals surface area contributed by atoms with Crippen LogP contribution in [0.1, 0.15) is 17.2 Å². The first-order valence-corrected chi connectivity index (χ1v) is 6.82. The zero-order valence-corrected chi connectivity index (χ0v) is 12.9. The number of nitrogens with one attached hydrogen (secondary N) is 1. The van der Waals surface area contributed by atoms with Crippen molar-refractivity contribution < 1.29 is 4.74 Å². The molecule has 1 heterocycles. The average Bonchev–Trinajstić information content (AvgIpc) is 2.70. The Bertz CT molecular complexity index is 568. The van der Waals surface area contributed by atoms with Crippen LogP contribution >= 0.6 is 15.9 Å². The van der Waals surface area contributed by atoms with Gasteiger partial charge in [-0.2, -0.15) is 0 Å². The van der Waals surface area contributed by atoms with Gasteiger partial charge >= 0.3 is 0 Å². The maximum absolute atomic E-state index is 5.89. The normalized spacial score (nSPS) is 10.7. The number of halogens is 1. The average molecular weight is 325 g/mol. The summed E-state index contributed by atoms with van der Waals surface area (Å²) < 4.78 is 8.76. The second kappa shape index (κ2) is 6.16. The molecule has 19 heavy (non-hydrogen) atoms. The fraction of sp³-hybridized carbons (Fsp3) is 0.385. The van der Waals surface area contributed by atoms with Gasteiger partial charge in [0.1, 0.15) is 18.2 Å². The highest BCUT2D eigenvalue weighted by Gasteiger charge is 2.10. The maximum atomic E-state index is 5.89. The molecule has 1 N–H and O–H groups in total. The van der Waals surface area contributed by atoms with Crippen molar-refractivity contribution in [1.29, 1.82) is 0 Å². The lowest BCUT2D eigenvalue weighted by atomic mass is 10.2. The van der Waals surface area contributed by atoms with E-state index in [0.717, 1.165) is 34.0 Å². The third kappa shape index (κ3) is 3.13. The second-order valence-electron chi connectivity index (χ2n) is 4.27. The number of benzene rings is 1. The number of aryl methyl sites for hydroxylation is 1. The molecule has 0 unspecified atom stereocenters. The molecule has 0 saturated carbocycles. The molecular formula is C13H17BrN4O. The molecule has 5 nitrogen and oxygen atoms in total.